The minimum absolute atomic E-state index is 0.0558. The van der Waals surface area contributed by atoms with Gasteiger partial charge in [0.25, 0.3) is 5.91 Å². The van der Waals surface area contributed by atoms with Gasteiger partial charge in [0.2, 0.25) is 5.91 Å². The molecule has 3 aromatic heterocycles. The molecule has 37 heavy (non-hydrogen) atoms. The molecule has 0 saturated carbocycles. The molecule has 3 heterocycles. The lowest BCUT2D eigenvalue weighted by Crippen LogP contribution is -2.44. The Balaban J connectivity index is 1.19. The van der Waals surface area contributed by atoms with Crippen LogP contribution < -0.4 is 15.6 Å². The number of amides is 2. The highest BCUT2D eigenvalue weighted by atomic mass is 32.2. The van der Waals surface area contributed by atoms with Gasteiger partial charge in [-0.25, -0.2) is 4.68 Å². The quantitative estimate of drug-likeness (QED) is 0.232. The van der Waals surface area contributed by atoms with E-state index >= 15 is 0 Å². The maximum Gasteiger partial charge on any atom is 0.276 e. The lowest BCUT2D eigenvalue weighted by molar-refractivity contribution is -0.128. The number of aromatic nitrogens is 5. The number of aryl methyl sites for hydroxylation is 1. The van der Waals surface area contributed by atoms with Crippen molar-refractivity contribution in [3.8, 4) is 22.1 Å². The molecule has 0 aliphatic rings. The molecule has 0 atom stereocenters. The number of ether oxygens (including phenoxy) is 1. The Morgan fingerprint density at radius 3 is 2.46 bits per heavy atom. The van der Waals surface area contributed by atoms with Crippen molar-refractivity contribution in [3.63, 3.8) is 0 Å². The molecule has 2 N–H and O–H groups in total. The summed E-state index contributed by atoms with van der Waals surface area (Å²) in [4.78, 5) is 26.1. The molecule has 0 fully saturated rings. The Labute approximate surface area is 220 Å². The lowest BCUT2D eigenvalue weighted by Gasteiger charge is -2.08. The summed E-state index contributed by atoms with van der Waals surface area (Å²) in [5.41, 5.74) is 6.66. The van der Waals surface area contributed by atoms with E-state index in [9.17, 15) is 9.59 Å². The van der Waals surface area contributed by atoms with Gasteiger partial charge in [-0.1, -0.05) is 48.2 Å². The van der Waals surface area contributed by atoms with Crippen molar-refractivity contribution in [1.82, 2.24) is 35.4 Å². The van der Waals surface area contributed by atoms with Gasteiger partial charge >= 0.3 is 0 Å². The second kappa shape index (κ2) is 10.8. The van der Waals surface area contributed by atoms with Crippen LogP contribution in [0.2, 0.25) is 0 Å². The normalized spacial score (nSPS) is 11.0. The number of carbonyl (C=O) groups is 2. The lowest BCUT2D eigenvalue weighted by atomic mass is 10.3. The van der Waals surface area contributed by atoms with E-state index < -0.39 is 5.91 Å². The van der Waals surface area contributed by atoms with Gasteiger partial charge in [-0.2, -0.15) is 5.10 Å². The number of rotatable bonds is 8. The first kappa shape index (κ1) is 24.5. The minimum Gasteiger partial charge on any atom is -0.484 e. The summed E-state index contributed by atoms with van der Waals surface area (Å²) in [7, 11) is 1.86. The molecule has 12 heteroatoms. The molecule has 0 aliphatic heterocycles. The predicted octanol–water partition coefficient (Wildman–Crippen LogP) is 3.51. The molecule has 5 rings (SSSR count). The zero-order chi connectivity index (χ0) is 25.8. The smallest absolute Gasteiger partial charge is 0.276 e. The molecule has 0 aliphatic carbocycles. The van der Waals surface area contributed by atoms with Crippen LogP contribution in [0.1, 0.15) is 5.69 Å². The second-order valence-electron chi connectivity index (χ2n) is 8.01. The molecular formula is C25H23N7O3S2. The first-order valence-electron chi connectivity index (χ1n) is 11.3. The molecular weight excluding hydrogens is 510 g/mol. The fraction of sp³-hybridized carbons (Fsp3) is 0.160. The van der Waals surface area contributed by atoms with Crippen molar-refractivity contribution in [2.45, 2.75) is 12.1 Å². The SMILES string of the molecule is Cc1nn(-c2ccccc2)c2sc(-c3nnc(SCC(=O)NNC(=O)COc4ccccc4)n3C)cc12. The first-order valence-corrected chi connectivity index (χ1v) is 13.1. The van der Waals surface area contributed by atoms with E-state index in [0.717, 1.165) is 26.5 Å². The fourth-order valence-corrected chi connectivity index (χ4v) is 5.48. The van der Waals surface area contributed by atoms with Crippen LogP contribution in [-0.2, 0) is 16.6 Å². The van der Waals surface area contributed by atoms with Crippen molar-refractivity contribution in [2.24, 2.45) is 7.05 Å². The number of hydrogen-bond donors (Lipinski definition) is 2. The van der Waals surface area contributed by atoms with Crippen molar-refractivity contribution in [3.05, 3.63) is 72.4 Å². The van der Waals surface area contributed by atoms with E-state index in [2.05, 4.69) is 32.2 Å². The van der Waals surface area contributed by atoms with Crippen molar-refractivity contribution < 1.29 is 14.3 Å². The van der Waals surface area contributed by atoms with Gasteiger partial charge in [0.15, 0.2) is 17.6 Å². The maximum atomic E-state index is 12.2. The Kier molecular flexibility index (Phi) is 7.19. The van der Waals surface area contributed by atoms with E-state index in [4.69, 9.17) is 4.74 Å². The summed E-state index contributed by atoms with van der Waals surface area (Å²) in [6.07, 6.45) is 0. The van der Waals surface area contributed by atoms with Gasteiger partial charge in [-0.05, 0) is 37.3 Å². The average Bonchev–Trinajstić information content (AvgIpc) is 3.60. The summed E-state index contributed by atoms with van der Waals surface area (Å²) in [6.45, 7) is 1.78. The molecule has 0 saturated heterocycles. The zero-order valence-corrected chi connectivity index (χ0v) is 21.7. The van der Waals surface area contributed by atoms with Crippen LogP contribution in [0.5, 0.6) is 5.75 Å². The highest BCUT2D eigenvalue weighted by molar-refractivity contribution is 7.99. The first-order chi connectivity index (χ1) is 18.0. The average molecular weight is 534 g/mol. The third kappa shape index (κ3) is 5.49. The second-order valence-corrected chi connectivity index (χ2v) is 9.99. The van der Waals surface area contributed by atoms with Gasteiger partial charge in [0.05, 0.1) is 22.0 Å². The van der Waals surface area contributed by atoms with Crippen molar-refractivity contribution >= 4 is 45.1 Å². The number of benzene rings is 2. The fourth-order valence-electron chi connectivity index (χ4n) is 3.56. The van der Waals surface area contributed by atoms with Gasteiger partial charge in [0, 0.05) is 12.4 Å². The molecule has 0 radical (unpaired) electrons. The monoisotopic (exact) mass is 533 g/mol. The van der Waals surface area contributed by atoms with Crippen LogP contribution >= 0.6 is 23.1 Å². The highest BCUT2D eigenvalue weighted by Gasteiger charge is 2.19. The number of fused-ring (bicyclic) bond motifs is 1. The molecule has 0 unspecified atom stereocenters. The van der Waals surface area contributed by atoms with Gasteiger partial charge in [0.1, 0.15) is 10.6 Å². The molecule has 0 bridgehead atoms. The standard InChI is InChI=1S/C25H23N7O3S2/c1-16-19-13-20(37-24(19)32(30-16)17-9-5-3-6-10-17)23-28-29-25(31(23)2)36-15-22(34)27-26-21(33)14-35-18-11-7-4-8-12-18/h3-13H,14-15H2,1-2H3,(H,26,33)(H,27,34). The third-order valence-corrected chi connectivity index (χ3v) is 7.51. The minimum atomic E-state index is -0.461. The summed E-state index contributed by atoms with van der Waals surface area (Å²) >= 11 is 2.81. The number of thioether (sulfide) groups is 1. The van der Waals surface area contributed by atoms with E-state index in [0.29, 0.717) is 16.7 Å². The molecule has 0 spiro atoms. The molecule has 5 aromatic rings. The molecule has 2 aromatic carbocycles. The Hall–Kier alpha value is -4.16. The van der Waals surface area contributed by atoms with Gasteiger partial charge < -0.3 is 9.30 Å². The van der Waals surface area contributed by atoms with Crippen LogP contribution in [-0.4, -0.2) is 48.7 Å². The van der Waals surface area contributed by atoms with E-state index in [1.807, 2.05) is 71.8 Å². The van der Waals surface area contributed by atoms with Crippen LogP contribution in [0, 0.1) is 6.92 Å². The van der Waals surface area contributed by atoms with E-state index in [1.165, 1.54) is 11.8 Å². The Morgan fingerprint density at radius 1 is 1.00 bits per heavy atom. The Bertz CT molecular complexity index is 1540. The highest BCUT2D eigenvalue weighted by Crippen LogP contribution is 2.36. The van der Waals surface area contributed by atoms with Crippen LogP contribution in [0.4, 0.5) is 0 Å². The largest absolute Gasteiger partial charge is 0.484 e. The van der Waals surface area contributed by atoms with Crippen LogP contribution in [0.15, 0.2) is 71.9 Å². The topological polar surface area (TPSA) is 116 Å². The molecule has 2 amide bonds. The zero-order valence-electron chi connectivity index (χ0n) is 20.0. The summed E-state index contributed by atoms with van der Waals surface area (Å²) in [5, 5.41) is 14.9. The number of hydrazine groups is 1. The van der Waals surface area contributed by atoms with Gasteiger partial charge in [-0.3, -0.25) is 20.4 Å². The predicted molar refractivity (Wildman–Crippen MR) is 143 cm³/mol. The van der Waals surface area contributed by atoms with Crippen LogP contribution in [0.25, 0.3) is 26.6 Å². The number of nitrogens with zero attached hydrogens (tertiary/aromatic N) is 5. The number of hydrogen-bond acceptors (Lipinski definition) is 8. The summed E-state index contributed by atoms with van der Waals surface area (Å²) < 4.78 is 9.14. The summed E-state index contributed by atoms with van der Waals surface area (Å²) in [5.74, 6) is 0.499. The van der Waals surface area contributed by atoms with Gasteiger partial charge in [-0.15, -0.1) is 21.5 Å². The van der Waals surface area contributed by atoms with Crippen LogP contribution in [0.3, 0.4) is 0 Å². The summed E-state index contributed by atoms with van der Waals surface area (Å²) in [6, 6.07) is 21.0. The third-order valence-electron chi connectivity index (χ3n) is 5.39. The number of thiophene rings is 1. The van der Waals surface area contributed by atoms with Crippen molar-refractivity contribution in [1.29, 1.82) is 0 Å². The number of carbonyl (C=O) groups excluding carboxylic acids is 2. The maximum absolute atomic E-state index is 12.2. The van der Waals surface area contributed by atoms with E-state index in [1.54, 1.807) is 23.5 Å². The molecule has 10 nitrogen and oxygen atoms in total. The number of nitrogens with one attached hydrogen (secondary N) is 2. The van der Waals surface area contributed by atoms with Crippen molar-refractivity contribution in [2.75, 3.05) is 12.4 Å². The molecule has 188 valence electrons. The van der Waals surface area contributed by atoms with E-state index in [-0.39, 0.29) is 18.3 Å². The Morgan fingerprint density at radius 2 is 1.70 bits per heavy atom. The number of para-hydroxylation sites is 2.